The molecule has 0 bridgehead atoms. The van der Waals surface area contributed by atoms with Crippen LogP contribution < -0.4 is 5.32 Å². The molecule has 1 aliphatic rings. The summed E-state index contributed by atoms with van der Waals surface area (Å²) < 4.78 is 86.4. The van der Waals surface area contributed by atoms with Gasteiger partial charge in [-0.1, -0.05) is 29.8 Å². The van der Waals surface area contributed by atoms with Gasteiger partial charge in [-0.3, -0.25) is 9.59 Å². The van der Waals surface area contributed by atoms with Crippen molar-refractivity contribution in [3.8, 4) is 0 Å². The maximum absolute atomic E-state index is 14.2. The Bertz CT molecular complexity index is 1540. The minimum absolute atomic E-state index is 0.0361. The van der Waals surface area contributed by atoms with Crippen molar-refractivity contribution in [2.75, 3.05) is 20.3 Å². The molecule has 0 aliphatic carbocycles. The molecule has 0 spiro atoms. The minimum atomic E-state index is -5.08. The van der Waals surface area contributed by atoms with Crippen LogP contribution in [0.4, 0.5) is 26.3 Å². The second kappa shape index (κ2) is 14.5. The van der Waals surface area contributed by atoms with Gasteiger partial charge in [0.05, 0.1) is 30.2 Å². The van der Waals surface area contributed by atoms with E-state index in [2.05, 4.69) is 5.32 Å². The first kappa shape index (κ1) is 36.0. The molecular weight excluding hydrogens is 749 g/mol. The molecule has 248 valence electrons. The maximum atomic E-state index is 14.2. The van der Waals surface area contributed by atoms with Crippen molar-refractivity contribution in [1.29, 1.82) is 0 Å². The number of thioether (sulfide) groups is 1. The Labute approximate surface area is 280 Å². The van der Waals surface area contributed by atoms with Crippen LogP contribution in [-0.2, 0) is 39.8 Å². The largest absolute Gasteiger partial charge is 0.416 e. The summed E-state index contributed by atoms with van der Waals surface area (Å²) in [5.74, 6) is -1.14. The second-order valence-electron chi connectivity index (χ2n) is 10.9. The van der Waals surface area contributed by atoms with E-state index in [1.807, 2.05) is 41.6 Å². The van der Waals surface area contributed by atoms with Gasteiger partial charge in [0.15, 0.2) is 0 Å². The molecule has 3 aromatic rings. The lowest BCUT2D eigenvalue weighted by Gasteiger charge is -2.37. The standard InChI is InChI=1S/C32H31F6IN2O4S/c1-19-4-7-24(8-5-19)46-30(29(44)40-10-3-11-45-2)16-27(43)41(28(30)25-9-6-20(18-42)14-26(25)39)17-21-12-22(31(33,34)35)15-23(13-21)32(36,37)38/h4-9,12-15,28,42H,3,10-11,16-18H2,1-2H3,(H,40,44)/t28-,30-/m1/s1. The van der Waals surface area contributed by atoms with E-state index in [0.717, 1.165) is 17.3 Å². The summed E-state index contributed by atoms with van der Waals surface area (Å²) in [5.41, 5.74) is -1.45. The fraction of sp³-hybridized carbons (Fsp3) is 0.375. The molecule has 2 atom stereocenters. The Kier molecular flexibility index (Phi) is 11.4. The highest BCUT2D eigenvalue weighted by Crippen LogP contribution is 2.54. The fourth-order valence-electron chi connectivity index (χ4n) is 5.34. The molecule has 0 radical (unpaired) electrons. The highest BCUT2D eigenvalue weighted by atomic mass is 127. The van der Waals surface area contributed by atoms with Crippen molar-refractivity contribution in [3.63, 3.8) is 0 Å². The number of carbonyl (C=O) groups excluding carboxylic acids is 2. The summed E-state index contributed by atoms with van der Waals surface area (Å²) in [4.78, 5) is 30.0. The van der Waals surface area contributed by atoms with Crippen molar-refractivity contribution < 1.29 is 45.8 Å². The topological polar surface area (TPSA) is 78.9 Å². The molecule has 6 nitrogen and oxygen atoms in total. The van der Waals surface area contributed by atoms with Crippen LogP contribution in [0, 0.1) is 10.5 Å². The van der Waals surface area contributed by atoms with Crippen LogP contribution in [0.5, 0.6) is 0 Å². The summed E-state index contributed by atoms with van der Waals surface area (Å²) >= 11 is 3.11. The number of aryl methyl sites for hydroxylation is 1. The van der Waals surface area contributed by atoms with Crippen molar-refractivity contribution in [2.45, 2.75) is 61.0 Å². The van der Waals surface area contributed by atoms with E-state index in [-0.39, 0.29) is 31.2 Å². The molecule has 1 saturated heterocycles. The van der Waals surface area contributed by atoms with E-state index in [9.17, 15) is 41.0 Å². The molecule has 46 heavy (non-hydrogen) atoms. The number of hydrogen-bond donors (Lipinski definition) is 2. The van der Waals surface area contributed by atoms with Crippen molar-refractivity contribution >= 4 is 46.2 Å². The first-order valence-electron chi connectivity index (χ1n) is 14.1. The summed E-state index contributed by atoms with van der Waals surface area (Å²) in [6.45, 7) is 1.52. The van der Waals surface area contributed by atoms with Crippen LogP contribution in [0.2, 0.25) is 0 Å². The highest BCUT2D eigenvalue weighted by molar-refractivity contribution is 14.1. The first-order valence-corrected chi connectivity index (χ1v) is 16.0. The number of amides is 2. The minimum Gasteiger partial charge on any atom is -0.392 e. The smallest absolute Gasteiger partial charge is 0.392 e. The van der Waals surface area contributed by atoms with Crippen LogP contribution in [0.15, 0.2) is 65.6 Å². The van der Waals surface area contributed by atoms with Crippen LogP contribution in [-0.4, -0.2) is 46.8 Å². The van der Waals surface area contributed by atoms with Gasteiger partial charge in [0.25, 0.3) is 0 Å². The Morgan fingerprint density at radius 1 is 1.02 bits per heavy atom. The third kappa shape index (κ3) is 8.17. The number of likely N-dealkylation sites (tertiary alicyclic amines) is 1. The highest BCUT2D eigenvalue weighted by Gasteiger charge is 2.58. The molecule has 1 heterocycles. The molecule has 2 amide bonds. The van der Waals surface area contributed by atoms with Crippen LogP contribution in [0.3, 0.4) is 0 Å². The van der Waals surface area contributed by atoms with Crippen molar-refractivity contribution in [2.24, 2.45) is 0 Å². The molecule has 1 aliphatic heterocycles. The van der Waals surface area contributed by atoms with Gasteiger partial charge in [-0.15, -0.1) is 11.8 Å². The third-order valence-corrected chi connectivity index (χ3v) is 9.91. The van der Waals surface area contributed by atoms with Gasteiger partial charge in [-0.25, -0.2) is 0 Å². The lowest BCUT2D eigenvalue weighted by Crippen LogP contribution is -2.48. The van der Waals surface area contributed by atoms with Crippen molar-refractivity contribution in [3.05, 3.63) is 97.6 Å². The Morgan fingerprint density at radius 2 is 1.65 bits per heavy atom. The van der Waals surface area contributed by atoms with Crippen LogP contribution in [0.25, 0.3) is 0 Å². The SMILES string of the molecule is COCCCNC(=O)[C@@]1(Sc2ccc(C)cc2)CC(=O)N(Cc2cc(C(F)(F)F)cc(C(F)(F)F)c2)[C@@H]1c1ccc(CO)cc1I. The average Bonchev–Trinajstić information content (AvgIpc) is 3.26. The molecule has 0 aromatic heterocycles. The summed E-state index contributed by atoms with van der Waals surface area (Å²) in [7, 11) is 1.51. The van der Waals surface area contributed by atoms with Gasteiger partial charge in [-0.2, -0.15) is 26.3 Å². The monoisotopic (exact) mass is 780 g/mol. The lowest BCUT2D eigenvalue weighted by molar-refractivity contribution is -0.143. The maximum Gasteiger partial charge on any atom is 0.416 e. The van der Waals surface area contributed by atoms with E-state index in [1.54, 1.807) is 30.3 Å². The molecule has 2 N–H and O–H groups in total. The Balaban J connectivity index is 1.90. The number of aliphatic hydroxyl groups excluding tert-OH is 1. The number of halogens is 7. The van der Waals surface area contributed by atoms with Crippen molar-refractivity contribution in [1.82, 2.24) is 10.2 Å². The fourth-order valence-corrected chi connectivity index (χ4v) is 7.64. The number of hydrogen-bond acceptors (Lipinski definition) is 5. The average molecular weight is 781 g/mol. The number of nitrogens with zero attached hydrogens (tertiary/aromatic N) is 1. The van der Waals surface area contributed by atoms with E-state index in [4.69, 9.17) is 4.74 Å². The number of carbonyl (C=O) groups is 2. The predicted molar refractivity (Wildman–Crippen MR) is 169 cm³/mol. The second-order valence-corrected chi connectivity index (χ2v) is 13.5. The number of nitrogens with one attached hydrogen (secondary N) is 1. The lowest BCUT2D eigenvalue weighted by atomic mass is 9.90. The van der Waals surface area contributed by atoms with Crippen LogP contribution in [0.1, 0.15) is 52.3 Å². The molecule has 0 unspecified atom stereocenters. The van der Waals surface area contributed by atoms with E-state index in [0.29, 0.717) is 44.8 Å². The van der Waals surface area contributed by atoms with E-state index < -0.39 is 52.6 Å². The summed E-state index contributed by atoms with van der Waals surface area (Å²) in [6, 6.07) is 12.2. The molecule has 14 heteroatoms. The predicted octanol–water partition coefficient (Wildman–Crippen LogP) is 7.29. The normalized spacial score (nSPS) is 18.7. The number of aliphatic hydroxyl groups is 1. The molecule has 1 fully saturated rings. The van der Waals surface area contributed by atoms with Gasteiger partial charge in [0.2, 0.25) is 11.8 Å². The zero-order valence-electron chi connectivity index (χ0n) is 24.8. The van der Waals surface area contributed by atoms with Gasteiger partial charge >= 0.3 is 12.4 Å². The van der Waals surface area contributed by atoms with Gasteiger partial charge in [0.1, 0.15) is 4.75 Å². The summed E-state index contributed by atoms with van der Waals surface area (Å²) in [5, 5.41) is 12.6. The summed E-state index contributed by atoms with van der Waals surface area (Å²) in [6.07, 6.45) is -10.1. The van der Waals surface area contributed by atoms with Gasteiger partial charge < -0.3 is 20.1 Å². The number of rotatable bonds is 11. The van der Waals surface area contributed by atoms with Gasteiger partial charge in [0, 0.05) is 35.3 Å². The number of ether oxygens (including phenoxy) is 1. The number of alkyl halides is 6. The Morgan fingerprint density at radius 3 is 2.20 bits per heavy atom. The zero-order valence-corrected chi connectivity index (χ0v) is 27.7. The number of benzene rings is 3. The molecule has 3 aromatic carbocycles. The van der Waals surface area contributed by atoms with E-state index >= 15 is 0 Å². The first-order chi connectivity index (χ1) is 21.6. The number of methoxy groups -OCH3 is 1. The van der Waals surface area contributed by atoms with Crippen LogP contribution >= 0.6 is 34.4 Å². The Hall–Kier alpha value is -2.82. The quantitative estimate of drug-likeness (QED) is 0.122. The molecular formula is C32H31F6IN2O4S. The molecule has 0 saturated carbocycles. The zero-order chi connectivity index (χ0) is 33.9. The molecule has 4 rings (SSSR count). The van der Waals surface area contributed by atoms with E-state index in [1.165, 1.54) is 12.0 Å². The third-order valence-electron chi connectivity index (χ3n) is 7.55. The van der Waals surface area contributed by atoms with Gasteiger partial charge in [-0.05, 0) is 89.0 Å².